The summed E-state index contributed by atoms with van der Waals surface area (Å²) in [6.07, 6.45) is 1.84. The van der Waals surface area contributed by atoms with Gasteiger partial charge in [-0.2, -0.15) is 0 Å². The molecule has 0 fully saturated rings. The van der Waals surface area contributed by atoms with Crippen LogP contribution in [-0.2, 0) is 6.54 Å². The third kappa shape index (κ3) is 4.16. The summed E-state index contributed by atoms with van der Waals surface area (Å²) in [6, 6.07) is 17.8. The molecule has 0 amide bonds. The van der Waals surface area contributed by atoms with Crippen molar-refractivity contribution in [3.8, 4) is 5.88 Å². The number of para-hydroxylation sites is 2. The zero-order chi connectivity index (χ0) is 17.0. The van der Waals surface area contributed by atoms with E-state index in [9.17, 15) is 0 Å². The van der Waals surface area contributed by atoms with Crippen LogP contribution in [0, 0.1) is 0 Å². The van der Waals surface area contributed by atoms with Gasteiger partial charge in [0.2, 0.25) is 5.88 Å². The van der Waals surface area contributed by atoms with Crippen molar-refractivity contribution >= 4 is 17.2 Å². The smallest absolute Gasteiger partial charge is 0.238 e. The van der Waals surface area contributed by atoms with E-state index in [-0.39, 0.29) is 5.60 Å². The van der Waals surface area contributed by atoms with Gasteiger partial charge in [-0.15, -0.1) is 0 Å². The number of fused-ring (bicyclic) bond motifs is 1. The summed E-state index contributed by atoms with van der Waals surface area (Å²) < 4.78 is 6.00. The van der Waals surface area contributed by atoms with E-state index >= 15 is 0 Å². The van der Waals surface area contributed by atoms with Crippen molar-refractivity contribution in [3.63, 3.8) is 0 Å². The Morgan fingerprint density at radius 3 is 2.21 bits per heavy atom. The lowest BCUT2D eigenvalue weighted by atomic mass is 10.2. The fourth-order valence-corrected chi connectivity index (χ4v) is 2.27. The van der Waals surface area contributed by atoms with Crippen molar-refractivity contribution in [2.45, 2.75) is 32.9 Å². The monoisotopic (exact) mass is 319 g/mol. The number of aliphatic imine (C=N–C) groups is 1. The van der Waals surface area contributed by atoms with Crippen LogP contribution in [0.3, 0.4) is 0 Å². The lowest BCUT2D eigenvalue weighted by molar-refractivity contribution is 0.122. The molecular weight excluding hydrogens is 298 g/mol. The highest BCUT2D eigenvalue weighted by molar-refractivity contribution is 5.79. The fourth-order valence-electron chi connectivity index (χ4n) is 2.27. The van der Waals surface area contributed by atoms with E-state index in [2.05, 4.69) is 15.0 Å². The standard InChI is InChI=1S/C20H21N3O/c1-20(2,3)24-19-18(14-21-13-15-9-5-4-6-10-15)22-16-11-7-8-12-17(16)23-19/h4-13H,14H2,1-3H3. The number of ether oxygens (including phenoxy) is 1. The Balaban J connectivity index is 1.92. The summed E-state index contributed by atoms with van der Waals surface area (Å²) in [4.78, 5) is 13.8. The average molecular weight is 319 g/mol. The average Bonchev–Trinajstić information content (AvgIpc) is 2.55. The Kier molecular flexibility index (Phi) is 4.56. The predicted octanol–water partition coefficient (Wildman–Crippen LogP) is 4.43. The maximum absolute atomic E-state index is 6.00. The van der Waals surface area contributed by atoms with Crippen LogP contribution in [0.2, 0.25) is 0 Å². The van der Waals surface area contributed by atoms with Crippen LogP contribution in [0.4, 0.5) is 0 Å². The molecule has 3 aromatic rings. The number of rotatable bonds is 4. The van der Waals surface area contributed by atoms with Crippen LogP contribution in [-0.4, -0.2) is 21.8 Å². The maximum Gasteiger partial charge on any atom is 0.238 e. The molecule has 0 bridgehead atoms. The molecule has 0 unspecified atom stereocenters. The van der Waals surface area contributed by atoms with Crippen LogP contribution in [0.15, 0.2) is 59.6 Å². The topological polar surface area (TPSA) is 47.4 Å². The predicted molar refractivity (Wildman–Crippen MR) is 97.7 cm³/mol. The van der Waals surface area contributed by atoms with Crippen molar-refractivity contribution in [3.05, 3.63) is 65.9 Å². The summed E-state index contributed by atoms with van der Waals surface area (Å²) in [5.41, 5.74) is 3.14. The highest BCUT2D eigenvalue weighted by atomic mass is 16.5. The molecule has 0 atom stereocenters. The molecule has 0 aliphatic rings. The molecule has 24 heavy (non-hydrogen) atoms. The van der Waals surface area contributed by atoms with Gasteiger partial charge in [0.25, 0.3) is 0 Å². The van der Waals surface area contributed by atoms with Crippen molar-refractivity contribution in [1.82, 2.24) is 9.97 Å². The van der Waals surface area contributed by atoms with E-state index in [4.69, 9.17) is 4.74 Å². The Hall–Kier alpha value is -2.75. The summed E-state index contributed by atoms with van der Waals surface area (Å²) in [7, 11) is 0. The molecule has 0 N–H and O–H groups in total. The van der Waals surface area contributed by atoms with Crippen molar-refractivity contribution in [2.75, 3.05) is 0 Å². The first kappa shape index (κ1) is 16.1. The summed E-state index contributed by atoms with van der Waals surface area (Å²) in [5, 5.41) is 0. The van der Waals surface area contributed by atoms with Crippen LogP contribution >= 0.6 is 0 Å². The highest BCUT2D eigenvalue weighted by Gasteiger charge is 2.17. The van der Waals surface area contributed by atoms with Gasteiger partial charge in [-0.05, 0) is 38.5 Å². The van der Waals surface area contributed by atoms with Gasteiger partial charge in [0.15, 0.2) is 0 Å². The van der Waals surface area contributed by atoms with Gasteiger partial charge in [0.05, 0.1) is 17.6 Å². The van der Waals surface area contributed by atoms with Gasteiger partial charge in [0, 0.05) is 6.21 Å². The van der Waals surface area contributed by atoms with Crippen LogP contribution < -0.4 is 4.74 Å². The van der Waals surface area contributed by atoms with Gasteiger partial charge in [-0.25, -0.2) is 9.97 Å². The maximum atomic E-state index is 6.00. The van der Waals surface area contributed by atoms with Gasteiger partial charge < -0.3 is 4.74 Å². The molecule has 122 valence electrons. The second-order valence-corrected chi connectivity index (χ2v) is 6.56. The second kappa shape index (κ2) is 6.79. The Morgan fingerprint density at radius 1 is 0.917 bits per heavy atom. The fraction of sp³-hybridized carbons (Fsp3) is 0.250. The van der Waals surface area contributed by atoms with Crippen molar-refractivity contribution in [2.24, 2.45) is 4.99 Å². The van der Waals surface area contributed by atoms with Crippen LogP contribution in [0.25, 0.3) is 11.0 Å². The first-order valence-corrected chi connectivity index (χ1v) is 8.01. The van der Waals surface area contributed by atoms with Gasteiger partial charge in [0.1, 0.15) is 11.3 Å². The number of nitrogens with zero attached hydrogens (tertiary/aromatic N) is 3. The number of aromatic nitrogens is 2. The third-order valence-electron chi connectivity index (χ3n) is 3.29. The van der Waals surface area contributed by atoms with Crippen LogP contribution in [0.1, 0.15) is 32.0 Å². The molecular formula is C20H21N3O. The molecule has 0 saturated carbocycles. The molecule has 1 heterocycles. The van der Waals surface area contributed by atoms with E-state index in [0.717, 1.165) is 22.3 Å². The zero-order valence-electron chi connectivity index (χ0n) is 14.2. The van der Waals surface area contributed by atoms with Crippen LogP contribution in [0.5, 0.6) is 5.88 Å². The number of benzene rings is 2. The van der Waals surface area contributed by atoms with E-state index < -0.39 is 0 Å². The van der Waals surface area contributed by atoms with E-state index in [1.807, 2.05) is 81.6 Å². The minimum Gasteiger partial charge on any atom is -0.471 e. The highest BCUT2D eigenvalue weighted by Crippen LogP contribution is 2.23. The van der Waals surface area contributed by atoms with E-state index in [1.165, 1.54) is 0 Å². The van der Waals surface area contributed by atoms with Gasteiger partial charge >= 0.3 is 0 Å². The Bertz CT molecular complexity index is 852. The Labute approximate surface area is 142 Å². The van der Waals surface area contributed by atoms with Gasteiger partial charge in [-0.1, -0.05) is 42.5 Å². The zero-order valence-corrected chi connectivity index (χ0v) is 14.2. The lowest BCUT2D eigenvalue weighted by Crippen LogP contribution is -2.24. The molecule has 3 rings (SSSR count). The first-order valence-electron chi connectivity index (χ1n) is 8.01. The molecule has 2 aromatic carbocycles. The minimum absolute atomic E-state index is 0.338. The number of hydrogen-bond donors (Lipinski definition) is 0. The minimum atomic E-state index is -0.338. The van der Waals surface area contributed by atoms with Crippen molar-refractivity contribution in [1.29, 1.82) is 0 Å². The Morgan fingerprint density at radius 2 is 1.54 bits per heavy atom. The number of hydrogen-bond acceptors (Lipinski definition) is 4. The normalized spacial score (nSPS) is 12.0. The molecule has 0 radical (unpaired) electrons. The molecule has 0 saturated heterocycles. The SMILES string of the molecule is CC(C)(C)Oc1nc2ccccc2nc1CN=Cc1ccccc1. The second-order valence-electron chi connectivity index (χ2n) is 6.56. The largest absolute Gasteiger partial charge is 0.471 e. The lowest BCUT2D eigenvalue weighted by Gasteiger charge is -2.21. The van der Waals surface area contributed by atoms with E-state index in [1.54, 1.807) is 0 Å². The summed E-state index contributed by atoms with van der Waals surface area (Å²) >= 11 is 0. The first-order chi connectivity index (χ1) is 11.5. The third-order valence-corrected chi connectivity index (χ3v) is 3.29. The molecule has 1 aromatic heterocycles. The quantitative estimate of drug-likeness (QED) is 0.669. The summed E-state index contributed by atoms with van der Waals surface area (Å²) in [5.74, 6) is 0.548. The summed E-state index contributed by atoms with van der Waals surface area (Å²) in [6.45, 7) is 6.43. The van der Waals surface area contributed by atoms with Crippen molar-refractivity contribution < 1.29 is 4.74 Å². The molecule has 0 aliphatic heterocycles. The van der Waals surface area contributed by atoms with E-state index in [0.29, 0.717) is 12.4 Å². The molecule has 4 heteroatoms. The molecule has 0 aliphatic carbocycles. The molecule has 0 spiro atoms. The molecule has 4 nitrogen and oxygen atoms in total. The van der Waals surface area contributed by atoms with Gasteiger partial charge in [-0.3, -0.25) is 4.99 Å².